The van der Waals surface area contributed by atoms with Crippen LogP contribution in [0.4, 0.5) is 13.2 Å². The summed E-state index contributed by atoms with van der Waals surface area (Å²) in [4.78, 5) is 27.6. The standard InChI is InChI=1S/C18H18N2O4.C2HF3O2/c21-15-5-7-20(14(15)8-12-2-1-6-19-10-12)18(22)13-3-4-16-17(9-13)24-11-23-16;3-2(4,5)1(6)7/h1-4,6,9-10,14-15,21H,5,7-8,11H2;(H,6,7)/t14-,15-;/m0./s1. The highest BCUT2D eigenvalue weighted by Crippen LogP contribution is 2.33. The van der Waals surface area contributed by atoms with E-state index in [4.69, 9.17) is 19.4 Å². The van der Waals surface area contributed by atoms with Crippen LogP contribution in [0.5, 0.6) is 11.5 Å². The fourth-order valence-corrected chi connectivity index (χ4v) is 3.29. The summed E-state index contributed by atoms with van der Waals surface area (Å²) in [6, 6.07) is 8.77. The third-order valence-electron chi connectivity index (χ3n) is 4.80. The number of carbonyl (C=O) groups excluding carboxylic acids is 1. The van der Waals surface area contributed by atoms with Gasteiger partial charge in [0.25, 0.3) is 5.91 Å². The van der Waals surface area contributed by atoms with Crippen molar-refractivity contribution in [3.05, 3.63) is 53.9 Å². The van der Waals surface area contributed by atoms with Crippen LogP contribution in [0.1, 0.15) is 22.3 Å². The monoisotopic (exact) mass is 440 g/mol. The molecule has 1 saturated heterocycles. The number of likely N-dealkylation sites (tertiary alicyclic amines) is 1. The Bertz CT molecular complexity index is 938. The molecule has 2 N–H and O–H groups in total. The van der Waals surface area contributed by atoms with E-state index in [1.54, 1.807) is 35.5 Å². The minimum absolute atomic E-state index is 0.0984. The van der Waals surface area contributed by atoms with Gasteiger partial charge in [0.15, 0.2) is 11.5 Å². The number of hydrogen-bond acceptors (Lipinski definition) is 6. The SMILES string of the molecule is O=C(O)C(F)(F)F.O=C(c1ccc2c(c1)OCO2)N1CC[C@H](O)[C@@H]1Cc1cccnc1. The molecule has 2 aliphatic heterocycles. The smallest absolute Gasteiger partial charge is 0.475 e. The van der Waals surface area contributed by atoms with E-state index in [1.807, 2.05) is 12.1 Å². The molecule has 0 unspecified atom stereocenters. The number of ether oxygens (including phenoxy) is 2. The van der Waals surface area contributed by atoms with E-state index in [9.17, 15) is 23.1 Å². The second-order valence-corrected chi connectivity index (χ2v) is 6.86. The molecule has 2 aliphatic rings. The van der Waals surface area contributed by atoms with Crippen LogP contribution in [-0.2, 0) is 11.2 Å². The number of hydrogen-bond donors (Lipinski definition) is 2. The third-order valence-corrected chi connectivity index (χ3v) is 4.80. The van der Waals surface area contributed by atoms with E-state index < -0.39 is 18.2 Å². The maximum atomic E-state index is 12.9. The van der Waals surface area contributed by atoms with Gasteiger partial charge in [-0.1, -0.05) is 6.07 Å². The number of aliphatic carboxylic acids is 1. The van der Waals surface area contributed by atoms with Gasteiger partial charge in [-0.3, -0.25) is 9.78 Å². The van der Waals surface area contributed by atoms with Crippen molar-refractivity contribution in [2.75, 3.05) is 13.3 Å². The minimum atomic E-state index is -5.08. The van der Waals surface area contributed by atoms with Crippen molar-refractivity contribution < 1.29 is 42.4 Å². The molecule has 2 aromatic rings. The second-order valence-electron chi connectivity index (χ2n) is 6.86. The van der Waals surface area contributed by atoms with Crippen molar-refractivity contribution in [2.24, 2.45) is 0 Å². The van der Waals surface area contributed by atoms with Gasteiger partial charge in [-0.05, 0) is 42.7 Å². The van der Waals surface area contributed by atoms with Gasteiger partial charge in [-0.2, -0.15) is 13.2 Å². The first-order valence-electron chi connectivity index (χ1n) is 9.24. The number of carbonyl (C=O) groups is 2. The van der Waals surface area contributed by atoms with E-state index in [-0.39, 0.29) is 18.7 Å². The van der Waals surface area contributed by atoms with Crippen molar-refractivity contribution in [1.29, 1.82) is 0 Å². The average Bonchev–Trinajstić information content (AvgIpc) is 3.34. The van der Waals surface area contributed by atoms with Gasteiger partial charge in [0.2, 0.25) is 6.79 Å². The second kappa shape index (κ2) is 9.21. The zero-order chi connectivity index (χ0) is 22.6. The van der Waals surface area contributed by atoms with Crippen LogP contribution in [0.2, 0.25) is 0 Å². The maximum absolute atomic E-state index is 12.9. The molecule has 0 radical (unpaired) electrons. The molecule has 0 aliphatic carbocycles. The quantitative estimate of drug-likeness (QED) is 0.754. The summed E-state index contributed by atoms with van der Waals surface area (Å²) >= 11 is 0. The van der Waals surface area contributed by atoms with Gasteiger partial charge in [-0.15, -0.1) is 0 Å². The molecule has 1 aromatic heterocycles. The van der Waals surface area contributed by atoms with Gasteiger partial charge in [0, 0.05) is 24.5 Å². The summed E-state index contributed by atoms with van der Waals surface area (Å²) in [6.45, 7) is 0.721. The molecular weight excluding hydrogens is 421 g/mol. The molecule has 31 heavy (non-hydrogen) atoms. The first-order chi connectivity index (χ1) is 14.7. The molecule has 1 fully saturated rings. The number of carboxylic acid groups (broad SMARTS) is 1. The maximum Gasteiger partial charge on any atom is 0.490 e. The van der Waals surface area contributed by atoms with E-state index in [1.165, 1.54) is 0 Å². The first kappa shape index (κ1) is 22.3. The molecule has 11 heteroatoms. The number of benzene rings is 1. The number of aliphatic hydroxyl groups is 1. The van der Waals surface area contributed by atoms with Crippen molar-refractivity contribution in [1.82, 2.24) is 9.88 Å². The average molecular weight is 440 g/mol. The summed E-state index contributed by atoms with van der Waals surface area (Å²) in [5.41, 5.74) is 1.55. The molecule has 0 saturated carbocycles. The fraction of sp³-hybridized carbons (Fsp3) is 0.350. The molecule has 1 aromatic carbocycles. The number of pyridine rings is 1. The number of aromatic nitrogens is 1. The lowest BCUT2D eigenvalue weighted by molar-refractivity contribution is -0.192. The van der Waals surface area contributed by atoms with E-state index >= 15 is 0 Å². The topological polar surface area (TPSA) is 109 Å². The minimum Gasteiger partial charge on any atom is -0.475 e. The number of alkyl halides is 3. The Balaban J connectivity index is 0.000000339. The Morgan fingerprint density at radius 2 is 1.90 bits per heavy atom. The molecule has 4 rings (SSSR count). The van der Waals surface area contributed by atoms with Gasteiger partial charge in [0.05, 0.1) is 12.1 Å². The molecular formula is C20H19F3N2O6. The van der Waals surface area contributed by atoms with Crippen molar-refractivity contribution >= 4 is 11.9 Å². The Kier molecular flexibility index (Phi) is 6.64. The summed E-state index contributed by atoms with van der Waals surface area (Å²) in [7, 11) is 0. The van der Waals surface area contributed by atoms with Crippen molar-refractivity contribution in [3.8, 4) is 11.5 Å². The zero-order valence-corrected chi connectivity index (χ0v) is 16.1. The van der Waals surface area contributed by atoms with Gasteiger partial charge >= 0.3 is 12.1 Å². The van der Waals surface area contributed by atoms with Crippen molar-refractivity contribution in [3.63, 3.8) is 0 Å². The highest BCUT2D eigenvalue weighted by Gasteiger charge is 2.38. The number of fused-ring (bicyclic) bond motifs is 1. The predicted molar refractivity (Wildman–Crippen MR) is 99.6 cm³/mol. The van der Waals surface area contributed by atoms with Crippen LogP contribution >= 0.6 is 0 Å². The normalized spacial score (nSPS) is 19.5. The van der Waals surface area contributed by atoms with Crippen LogP contribution < -0.4 is 9.47 Å². The van der Waals surface area contributed by atoms with Crippen LogP contribution in [0.15, 0.2) is 42.7 Å². The summed E-state index contributed by atoms with van der Waals surface area (Å²) in [6.07, 6.45) is -0.951. The highest BCUT2D eigenvalue weighted by molar-refractivity contribution is 5.95. The summed E-state index contributed by atoms with van der Waals surface area (Å²) < 4.78 is 42.4. The Morgan fingerprint density at radius 1 is 1.19 bits per heavy atom. The number of aliphatic hydroxyl groups excluding tert-OH is 1. The Morgan fingerprint density at radius 3 is 2.55 bits per heavy atom. The van der Waals surface area contributed by atoms with Gasteiger partial charge in [0.1, 0.15) is 0 Å². The lowest BCUT2D eigenvalue weighted by Gasteiger charge is -2.26. The first-order valence-corrected chi connectivity index (χ1v) is 9.24. The molecule has 0 bridgehead atoms. The Hall–Kier alpha value is -3.34. The molecule has 0 spiro atoms. The van der Waals surface area contributed by atoms with Crippen LogP contribution in [-0.4, -0.2) is 63.6 Å². The van der Waals surface area contributed by atoms with E-state index in [2.05, 4.69) is 4.98 Å². The molecule has 8 nitrogen and oxygen atoms in total. The van der Waals surface area contributed by atoms with Crippen molar-refractivity contribution in [2.45, 2.75) is 31.2 Å². The third kappa shape index (κ3) is 5.43. The summed E-state index contributed by atoms with van der Waals surface area (Å²) in [5, 5.41) is 17.4. The number of nitrogens with zero attached hydrogens (tertiary/aromatic N) is 2. The number of carboxylic acids is 1. The fourth-order valence-electron chi connectivity index (χ4n) is 3.29. The van der Waals surface area contributed by atoms with Crippen LogP contribution in [0, 0.1) is 0 Å². The number of halogens is 3. The van der Waals surface area contributed by atoms with Crippen LogP contribution in [0.25, 0.3) is 0 Å². The van der Waals surface area contributed by atoms with Gasteiger partial charge in [-0.25, -0.2) is 4.79 Å². The lowest BCUT2D eigenvalue weighted by atomic mass is 10.0. The number of amides is 1. The molecule has 3 heterocycles. The molecule has 1 amide bonds. The Labute approximate surface area is 174 Å². The lowest BCUT2D eigenvalue weighted by Crippen LogP contribution is -2.41. The van der Waals surface area contributed by atoms with E-state index in [0.29, 0.717) is 36.4 Å². The predicted octanol–water partition coefficient (Wildman–Crippen LogP) is 2.26. The largest absolute Gasteiger partial charge is 0.490 e. The van der Waals surface area contributed by atoms with Crippen LogP contribution in [0.3, 0.4) is 0 Å². The highest BCUT2D eigenvalue weighted by atomic mass is 19.4. The molecule has 2 atom stereocenters. The zero-order valence-electron chi connectivity index (χ0n) is 16.1. The van der Waals surface area contributed by atoms with E-state index in [0.717, 1.165) is 5.56 Å². The van der Waals surface area contributed by atoms with Gasteiger partial charge < -0.3 is 24.6 Å². The summed E-state index contributed by atoms with van der Waals surface area (Å²) in [5.74, 6) is -1.62. The number of rotatable bonds is 3. The molecule has 166 valence electrons.